The van der Waals surface area contributed by atoms with Crippen molar-refractivity contribution in [1.29, 1.82) is 0 Å². The van der Waals surface area contributed by atoms with Crippen LogP contribution in [0.15, 0.2) is 18.2 Å². The Balaban J connectivity index is 3.24. The Morgan fingerprint density at radius 3 is 2.40 bits per heavy atom. The second-order valence-corrected chi connectivity index (χ2v) is 3.91. The second-order valence-electron chi connectivity index (χ2n) is 3.91. The minimum atomic E-state index is -3.27. The molecule has 0 aliphatic rings. The maximum Gasteiger partial charge on any atom is 0.307 e. The lowest BCUT2D eigenvalue weighted by Crippen LogP contribution is -2.61. The lowest BCUT2D eigenvalue weighted by atomic mass is 10.0. The Labute approximate surface area is 115 Å². The van der Waals surface area contributed by atoms with Gasteiger partial charge in [0.15, 0.2) is 11.5 Å². The first-order chi connectivity index (χ1) is 9.30. The summed E-state index contributed by atoms with van der Waals surface area (Å²) < 4.78 is 10.2. The minimum Gasteiger partial charge on any atom is -0.493 e. The summed E-state index contributed by atoms with van der Waals surface area (Å²) in [5.41, 5.74) is -0.305. The molecule has 1 aromatic carbocycles. The predicted octanol–water partition coefficient (Wildman–Crippen LogP) is -1.38. The summed E-state index contributed by atoms with van der Waals surface area (Å²) in [6, 6.07) is 3.71. The number of benzene rings is 1. The van der Waals surface area contributed by atoms with Gasteiger partial charge in [-0.15, -0.1) is 0 Å². The first kappa shape index (κ1) is 16.2. The summed E-state index contributed by atoms with van der Waals surface area (Å²) in [4.78, 5) is 10.3. The first-order valence-electron chi connectivity index (χ1n) is 5.72. The third-order valence-electron chi connectivity index (χ3n) is 2.61. The number of carbonyl (C=O) groups excluding carboxylic acids is 1. The maximum absolute atomic E-state index is 10.3. The Morgan fingerprint density at radius 2 is 1.90 bits per heavy atom. The van der Waals surface area contributed by atoms with Crippen LogP contribution in [0, 0.1) is 0 Å². The molecule has 0 saturated heterocycles. The van der Waals surface area contributed by atoms with Gasteiger partial charge in [0.1, 0.15) is 0 Å². The van der Waals surface area contributed by atoms with Gasteiger partial charge in [0.2, 0.25) is 6.41 Å². The molecular formula is C12H17NO7. The Kier molecular flexibility index (Phi) is 4.90. The van der Waals surface area contributed by atoms with E-state index in [0.29, 0.717) is 12.4 Å². The third kappa shape index (κ3) is 2.99. The number of amides is 1. The normalized spacial score (nSPS) is 11.9. The number of aliphatic hydroxyl groups is 4. The Hall–Kier alpha value is -1.87. The predicted molar refractivity (Wildman–Crippen MR) is 66.6 cm³/mol. The van der Waals surface area contributed by atoms with E-state index in [4.69, 9.17) is 9.47 Å². The van der Waals surface area contributed by atoms with Gasteiger partial charge in [-0.25, -0.2) is 0 Å². The zero-order valence-electron chi connectivity index (χ0n) is 11.0. The van der Waals surface area contributed by atoms with Gasteiger partial charge in [0.05, 0.1) is 13.7 Å². The van der Waals surface area contributed by atoms with Crippen LogP contribution in [0.2, 0.25) is 0 Å². The zero-order valence-corrected chi connectivity index (χ0v) is 11.0. The van der Waals surface area contributed by atoms with Crippen LogP contribution in [0.25, 0.3) is 0 Å². The molecule has 0 radical (unpaired) electrons. The van der Waals surface area contributed by atoms with Crippen molar-refractivity contribution in [3.63, 3.8) is 0 Å². The maximum atomic E-state index is 10.3. The molecule has 8 heteroatoms. The van der Waals surface area contributed by atoms with E-state index in [1.165, 1.54) is 24.6 Å². The van der Waals surface area contributed by atoms with Gasteiger partial charge in [-0.05, 0) is 25.1 Å². The van der Waals surface area contributed by atoms with E-state index >= 15 is 0 Å². The van der Waals surface area contributed by atoms with Crippen LogP contribution in [0.4, 0.5) is 0 Å². The van der Waals surface area contributed by atoms with E-state index in [1.54, 1.807) is 6.92 Å². The molecule has 0 aliphatic heterocycles. The van der Waals surface area contributed by atoms with E-state index in [0.717, 1.165) is 6.07 Å². The van der Waals surface area contributed by atoms with Gasteiger partial charge in [0, 0.05) is 5.56 Å². The number of hydrogen-bond acceptors (Lipinski definition) is 7. The van der Waals surface area contributed by atoms with Gasteiger partial charge >= 0.3 is 5.91 Å². The molecule has 0 aliphatic carbocycles. The molecule has 8 nitrogen and oxygen atoms in total. The van der Waals surface area contributed by atoms with Crippen LogP contribution in [0.3, 0.4) is 0 Å². The summed E-state index contributed by atoms with van der Waals surface area (Å²) in [5.74, 6) is -5.91. The fourth-order valence-electron chi connectivity index (χ4n) is 1.55. The fraction of sp³-hybridized carbons (Fsp3) is 0.417. The standard InChI is InChI=1S/C12H17NO7/c1-3-20-10-6-8(4-5-9(10)19-2)11(15,16)12(17,18)13-7-14/h4-7,15-18H,3H2,1-2H3,(H,13,14). The summed E-state index contributed by atoms with van der Waals surface area (Å²) >= 11 is 0. The van der Waals surface area contributed by atoms with Crippen molar-refractivity contribution < 1.29 is 34.7 Å². The van der Waals surface area contributed by atoms with Crippen LogP contribution >= 0.6 is 0 Å². The summed E-state index contributed by atoms with van der Waals surface area (Å²) in [7, 11) is 1.40. The van der Waals surface area contributed by atoms with Crippen LogP contribution in [0.1, 0.15) is 12.5 Å². The SMILES string of the molecule is CCOc1cc(C(O)(O)C(O)(O)NC=O)ccc1OC. The van der Waals surface area contributed by atoms with Gasteiger partial charge < -0.3 is 35.2 Å². The molecule has 112 valence electrons. The molecule has 0 fully saturated rings. The van der Waals surface area contributed by atoms with Crippen LogP contribution in [-0.4, -0.2) is 46.5 Å². The number of nitrogens with one attached hydrogen (secondary N) is 1. The molecule has 1 aromatic rings. The van der Waals surface area contributed by atoms with E-state index in [1.807, 2.05) is 0 Å². The monoisotopic (exact) mass is 287 g/mol. The molecule has 0 bridgehead atoms. The van der Waals surface area contributed by atoms with Crippen LogP contribution in [-0.2, 0) is 10.6 Å². The van der Waals surface area contributed by atoms with Crippen molar-refractivity contribution in [2.45, 2.75) is 18.6 Å². The van der Waals surface area contributed by atoms with E-state index in [9.17, 15) is 25.2 Å². The van der Waals surface area contributed by atoms with Gasteiger partial charge in [-0.1, -0.05) is 0 Å². The molecule has 0 aromatic heterocycles. The van der Waals surface area contributed by atoms with E-state index < -0.39 is 11.7 Å². The lowest BCUT2D eigenvalue weighted by molar-refractivity contribution is -0.374. The quantitative estimate of drug-likeness (QED) is 0.308. The molecule has 1 rings (SSSR count). The average Bonchev–Trinajstić information content (AvgIpc) is 2.38. The van der Waals surface area contributed by atoms with Crippen LogP contribution in [0.5, 0.6) is 11.5 Å². The molecule has 0 saturated carbocycles. The molecule has 0 atom stereocenters. The van der Waals surface area contributed by atoms with Crippen molar-refractivity contribution in [2.24, 2.45) is 0 Å². The highest BCUT2D eigenvalue weighted by Gasteiger charge is 2.49. The number of hydrogen-bond donors (Lipinski definition) is 5. The van der Waals surface area contributed by atoms with Crippen LogP contribution < -0.4 is 14.8 Å². The first-order valence-corrected chi connectivity index (χ1v) is 5.72. The highest BCUT2D eigenvalue weighted by atomic mass is 16.6. The number of methoxy groups -OCH3 is 1. The topological polar surface area (TPSA) is 128 Å². The number of ether oxygens (including phenoxy) is 2. The highest BCUT2D eigenvalue weighted by Crippen LogP contribution is 2.34. The third-order valence-corrected chi connectivity index (χ3v) is 2.61. The molecule has 0 spiro atoms. The van der Waals surface area contributed by atoms with Gasteiger partial charge in [-0.3, -0.25) is 4.79 Å². The highest BCUT2D eigenvalue weighted by molar-refractivity contribution is 5.48. The molecule has 0 unspecified atom stereocenters. The fourth-order valence-corrected chi connectivity index (χ4v) is 1.55. The largest absolute Gasteiger partial charge is 0.493 e. The smallest absolute Gasteiger partial charge is 0.307 e. The van der Waals surface area contributed by atoms with Crippen molar-refractivity contribution in [2.75, 3.05) is 13.7 Å². The van der Waals surface area contributed by atoms with Gasteiger partial charge in [0.25, 0.3) is 5.79 Å². The summed E-state index contributed by atoms with van der Waals surface area (Å²) in [5, 5.41) is 40.1. The molecule has 1 amide bonds. The number of carbonyl (C=O) groups is 1. The summed E-state index contributed by atoms with van der Waals surface area (Å²) in [6.07, 6.45) is -0.0752. The Morgan fingerprint density at radius 1 is 1.25 bits per heavy atom. The lowest BCUT2D eigenvalue weighted by Gasteiger charge is -2.34. The summed E-state index contributed by atoms with van der Waals surface area (Å²) in [6.45, 7) is 2.01. The van der Waals surface area contributed by atoms with Crippen molar-refractivity contribution >= 4 is 6.41 Å². The molecular weight excluding hydrogens is 270 g/mol. The zero-order chi connectivity index (χ0) is 15.4. The molecule has 20 heavy (non-hydrogen) atoms. The van der Waals surface area contributed by atoms with E-state index in [-0.39, 0.29) is 17.7 Å². The van der Waals surface area contributed by atoms with Gasteiger partial charge in [-0.2, -0.15) is 0 Å². The van der Waals surface area contributed by atoms with Crippen molar-refractivity contribution in [1.82, 2.24) is 5.32 Å². The average molecular weight is 287 g/mol. The molecule has 0 heterocycles. The van der Waals surface area contributed by atoms with E-state index in [2.05, 4.69) is 0 Å². The van der Waals surface area contributed by atoms with Crippen molar-refractivity contribution in [3.8, 4) is 11.5 Å². The molecule has 5 N–H and O–H groups in total. The van der Waals surface area contributed by atoms with Crippen molar-refractivity contribution in [3.05, 3.63) is 23.8 Å². The Bertz CT molecular complexity index is 473. The second kappa shape index (κ2) is 6.06. The number of rotatable bonds is 7. The minimum absolute atomic E-state index is 0.0752.